The van der Waals surface area contributed by atoms with Crippen LogP contribution in [0.15, 0.2) is 12.4 Å². The lowest BCUT2D eigenvalue weighted by molar-refractivity contribution is 0.162. The summed E-state index contributed by atoms with van der Waals surface area (Å²) in [6.45, 7) is 11.1. The first-order chi connectivity index (χ1) is 9.69. The van der Waals surface area contributed by atoms with E-state index in [2.05, 4.69) is 34.0 Å². The minimum atomic E-state index is 0.557. The van der Waals surface area contributed by atoms with Crippen LogP contribution in [0.25, 0.3) is 0 Å². The van der Waals surface area contributed by atoms with Crippen molar-refractivity contribution in [3.05, 3.63) is 23.8 Å². The number of likely N-dealkylation sites (tertiary alicyclic amines) is 1. The number of aromatic nitrogens is 2. The van der Waals surface area contributed by atoms with E-state index in [1.807, 2.05) is 19.3 Å². The Kier molecular flexibility index (Phi) is 5.92. The Labute approximate surface area is 123 Å². The second-order valence-electron chi connectivity index (χ2n) is 6.00. The molecule has 0 amide bonds. The number of nitrogens with one attached hydrogen (secondary N) is 1. The summed E-state index contributed by atoms with van der Waals surface area (Å²) in [4.78, 5) is 11.3. The van der Waals surface area contributed by atoms with Gasteiger partial charge < -0.3 is 10.2 Å². The molecule has 1 atom stereocenters. The van der Waals surface area contributed by atoms with Crippen LogP contribution in [0.1, 0.15) is 44.5 Å². The maximum atomic E-state index is 4.40. The molecule has 4 nitrogen and oxygen atoms in total. The summed E-state index contributed by atoms with van der Waals surface area (Å²) in [5.74, 6) is 0.793. The molecular formula is C16H28N4. The number of piperidine rings is 1. The predicted molar refractivity (Wildman–Crippen MR) is 82.5 cm³/mol. The summed E-state index contributed by atoms with van der Waals surface area (Å²) in [6, 6.07) is 0.557. The number of nitrogens with zero attached hydrogens (tertiary/aromatic N) is 3. The molecule has 1 aromatic rings. The highest BCUT2D eigenvalue weighted by molar-refractivity contribution is 5.00. The minimum absolute atomic E-state index is 0.557. The van der Waals surface area contributed by atoms with Gasteiger partial charge in [-0.1, -0.05) is 6.92 Å². The molecule has 0 radical (unpaired) electrons. The molecule has 1 saturated heterocycles. The van der Waals surface area contributed by atoms with Crippen LogP contribution in [-0.2, 0) is 6.54 Å². The van der Waals surface area contributed by atoms with Crippen LogP contribution in [0.5, 0.6) is 0 Å². The Balaban J connectivity index is 1.72. The van der Waals surface area contributed by atoms with E-state index in [1.54, 1.807) is 0 Å². The van der Waals surface area contributed by atoms with Crippen LogP contribution in [0, 0.1) is 12.8 Å². The molecule has 1 fully saturated rings. The molecule has 2 heterocycles. The van der Waals surface area contributed by atoms with Gasteiger partial charge in [0.2, 0.25) is 0 Å². The molecule has 0 saturated carbocycles. The van der Waals surface area contributed by atoms with Crippen molar-refractivity contribution in [3.8, 4) is 0 Å². The van der Waals surface area contributed by atoms with E-state index in [-0.39, 0.29) is 0 Å². The summed E-state index contributed by atoms with van der Waals surface area (Å²) in [6.07, 6.45) is 7.61. The molecule has 20 heavy (non-hydrogen) atoms. The van der Waals surface area contributed by atoms with Crippen molar-refractivity contribution in [1.29, 1.82) is 0 Å². The van der Waals surface area contributed by atoms with Crippen molar-refractivity contribution in [1.82, 2.24) is 20.2 Å². The summed E-state index contributed by atoms with van der Waals surface area (Å²) >= 11 is 0. The molecule has 0 bridgehead atoms. The van der Waals surface area contributed by atoms with Crippen LogP contribution in [0.3, 0.4) is 0 Å². The minimum Gasteiger partial charge on any atom is -0.308 e. The first kappa shape index (κ1) is 15.4. The fourth-order valence-corrected chi connectivity index (χ4v) is 2.94. The largest absolute Gasteiger partial charge is 0.308 e. The summed E-state index contributed by atoms with van der Waals surface area (Å²) in [5, 5.41) is 3.61. The van der Waals surface area contributed by atoms with Crippen molar-refractivity contribution < 1.29 is 0 Å². The third kappa shape index (κ3) is 4.53. The van der Waals surface area contributed by atoms with Gasteiger partial charge in [-0.3, -0.25) is 9.97 Å². The maximum absolute atomic E-state index is 4.40. The normalized spacial score (nSPS) is 19.1. The van der Waals surface area contributed by atoms with E-state index in [9.17, 15) is 0 Å². The topological polar surface area (TPSA) is 41.0 Å². The van der Waals surface area contributed by atoms with Crippen molar-refractivity contribution in [2.75, 3.05) is 19.6 Å². The Bertz CT molecular complexity index is 382. The van der Waals surface area contributed by atoms with Gasteiger partial charge >= 0.3 is 0 Å². The lowest BCUT2D eigenvalue weighted by Gasteiger charge is -2.35. The van der Waals surface area contributed by atoms with Gasteiger partial charge in [-0.15, -0.1) is 0 Å². The van der Waals surface area contributed by atoms with E-state index in [0.29, 0.717) is 6.04 Å². The zero-order chi connectivity index (χ0) is 14.4. The Hall–Kier alpha value is -1.00. The van der Waals surface area contributed by atoms with Gasteiger partial charge in [-0.05, 0) is 58.7 Å². The molecular weight excluding hydrogens is 248 g/mol. The number of hydrogen-bond donors (Lipinski definition) is 1. The number of hydrogen-bond acceptors (Lipinski definition) is 4. The third-order valence-electron chi connectivity index (χ3n) is 4.32. The van der Waals surface area contributed by atoms with Crippen molar-refractivity contribution in [3.63, 3.8) is 0 Å². The molecule has 0 spiro atoms. The first-order valence-electron chi connectivity index (χ1n) is 7.92. The smallest absolute Gasteiger partial charge is 0.0724 e. The highest BCUT2D eigenvalue weighted by Crippen LogP contribution is 2.20. The zero-order valence-corrected chi connectivity index (χ0v) is 13.1. The lowest BCUT2D eigenvalue weighted by Crippen LogP contribution is -2.42. The van der Waals surface area contributed by atoms with Gasteiger partial charge in [0.05, 0.1) is 11.4 Å². The number of aryl methyl sites for hydroxylation is 1. The second kappa shape index (κ2) is 7.70. The number of rotatable bonds is 6. The van der Waals surface area contributed by atoms with Gasteiger partial charge in [0, 0.05) is 25.0 Å². The zero-order valence-electron chi connectivity index (χ0n) is 13.1. The van der Waals surface area contributed by atoms with Crippen molar-refractivity contribution in [2.45, 2.75) is 52.6 Å². The van der Waals surface area contributed by atoms with E-state index in [4.69, 9.17) is 0 Å². The molecule has 4 heteroatoms. The summed E-state index contributed by atoms with van der Waals surface area (Å²) in [7, 11) is 0. The SMILES string of the molecule is CCCN1CCC(C(C)NCc2cnc(C)cn2)CC1. The van der Waals surface area contributed by atoms with Crippen LogP contribution >= 0.6 is 0 Å². The van der Waals surface area contributed by atoms with E-state index >= 15 is 0 Å². The van der Waals surface area contributed by atoms with Crippen LogP contribution in [0.4, 0.5) is 0 Å². The van der Waals surface area contributed by atoms with Gasteiger partial charge in [-0.2, -0.15) is 0 Å². The summed E-state index contributed by atoms with van der Waals surface area (Å²) < 4.78 is 0. The standard InChI is InChI=1S/C16H28N4/c1-4-7-20-8-5-15(6-9-20)14(3)18-12-16-11-17-13(2)10-19-16/h10-11,14-15,18H,4-9,12H2,1-3H3. The van der Waals surface area contributed by atoms with Crippen LogP contribution < -0.4 is 5.32 Å². The molecule has 2 rings (SSSR count). The van der Waals surface area contributed by atoms with Gasteiger partial charge in [0.1, 0.15) is 0 Å². The first-order valence-corrected chi connectivity index (χ1v) is 7.92. The highest BCUT2D eigenvalue weighted by Gasteiger charge is 2.23. The van der Waals surface area contributed by atoms with Crippen LogP contribution in [0.2, 0.25) is 0 Å². The average molecular weight is 276 g/mol. The Morgan fingerprint density at radius 2 is 2.05 bits per heavy atom. The highest BCUT2D eigenvalue weighted by atomic mass is 15.1. The molecule has 1 unspecified atom stereocenters. The Morgan fingerprint density at radius 1 is 1.30 bits per heavy atom. The van der Waals surface area contributed by atoms with Crippen LogP contribution in [-0.4, -0.2) is 40.5 Å². The van der Waals surface area contributed by atoms with Crippen molar-refractivity contribution >= 4 is 0 Å². The molecule has 112 valence electrons. The van der Waals surface area contributed by atoms with Gasteiger partial charge in [0.25, 0.3) is 0 Å². The fourth-order valence-electron chi connectivity index (χ4n) is 2.94. The predicted octanol–water partition coefficient (Wildman–Crippen LogP) is 2.39. The second-order valence-corrected chi connectivity index (χ2v) is 6.00. The molecule has 1 aromatic heterocycles. The molecule has 0 aliphatic carbocycles. The van der Waals surface area contributed by atoms with Gasteiger partial charge in [-0.25, -0.2) is 0 Å². The molecule has 1 aliphatic heterocycles. The monoisotopic (exact) mass is 276 g/mol. The Morgan fingerprint density at radius 3 is 2.65 bits per heavy atom. The van der Waals surface area contributed by atoms with Crippen molar-refractivity contribution in [2.24, 2.45) is 5.92 Å². The maximum Gasteiger partial charge on any atom is 0.0724 e. The molecule has 1 N–H and O–H groups in total. The average Bonchev–Trinajstić information content (AvgIpc) is 2.47. The third-order valence-corrected chi connectivity index (χ3v) is 4.32. The fraction of sp³-hybridized carbons (Fsp3) is 0.750. The van der Waals surface area contributed by atoms with E-state index < -0.39 is 0 Å². The quantitative estimate of drug-likeness (QED) is 0.866. The van der Waals surface area contributed by atoms with Gasteiger partial charge in [0.15, 0.2) is 0 Å². The lowest BCUT2D eigenvalue weighted by atomic mass is 9.90. The summed E-state index contributed by atoms with van der Waals surface area (Å²) in [5.41, 5.74) is 2.01. The van der Waals surface area contributed by atoms with E-state index in [0.717, 1.165) is 23.9 Å². The van der Waals surface area contributed by atoms with E-state index in [1.165, 1.54) is 38.9 Å². The molecule has 0 aromatic carbocycles. The molecule has 1 aliphatic rings.